The SMILES string of the molecule is CCCCCCCCC(CCCCCC)OS(=O)(=O)c1ccc(C)cc1. The maximum Gasteiger partial charge on any atom is 0.297 e. The second-order valence-electron chi connectivity index (χ2n) is 7.39. The Balaban J connectivity index is 2.57. The van der Waals surface area contributed by atoms with E-state index in [0.29, 0.717) is 0 Å². The highest BCUT2D eigenvalue weighted by molar-refractivity contribution is 7.86. The van der Waals surface area contributed by atoms with Gasteiger partial charge in [-0.15, -0.1) is 0 Å². The molecule has 4 heteroatoms. The second-order valence-corrected chi connectivity index (χ2v) is 8.96. The van der Waals surface area contributed by atoms with Crippen molar-refractivity contribution in [2.75, 3.05) is 0 Å². The number of benzene rings is 1. The minimum atomic E-state index is -3.67. The molecule has 0 saturated carbocycles. The van der Waals surface area contributed by atoms with Gasteiger partial charge in [-0.05, 0) is 31.9 Å². The van der Waals surface area contributed by atoms with Crippen molar-refractivity contribution >= 4 is 10.1 Å². The van der Waals surface area contributed by atoms with Crippen molar-refractivity contribution < 1.29 is 12.6 Å². The summed E-state index contributed by atoms with van der Waals surface area (Å²) < 4.78 is 30.8. The first kappa shape index (κ1) is 23.2. The summed E-state index contributed by atoms with van der Waals surface area (Å²) in [5.74, 6) is 0. The third-order valence-corrected chi connectivity index (χ3v) is 6.21. The van der Waals surface area contributed by atoms with E-state index in [1.807, 2.05) is 19.1 Å². The van der Waals surface area contributed by atoms with Gasteiger partial charge in [-0.1, -0.05) is 95.8 Å². The smallest absolute Gasteiger partial charge is 0.263 e. The van der Waals surface area contributed by atoms with Crippen LogP contribution in [-0.4, -0.2) is 14.5 Å². The molecular weight excluding hydrogens is 344 g/mol. The first-order chi connectivity index (χ1) is 12.5. The molecule has 3 nitrogen and oxygen atoms in total. The van der Waals surface area contributed by atoms with Crippen molar-refractivity contribution in [1.82, 2.24) is 0 Å². The molecule has 0 amide bonds. The van der Waals surface area contributed by atoms with Gasteiger partial charge in [0.1, 0.15) is 0 Å². The maximum atomic E-state index is 12.6. The maximum absolute atomic E-state index is 12.6. The van der Waals surface area contributed by atoms with Gasteiger partial charge in [0.25, 0.3) is 10.1 Å². The Kier molecular flexibility index (Phi) is 11.9. The van der Waals surface area contributed by atoms with E-state index in [4.69, 9.17) is 4.18 Å². The predicted molar refractivity (Wildman–Crippen MR) is 110 cm³/mol. The first-order valence-corrected chi connectivity index (χ1v) is 11.9. The Morgan fingerprint density at radius 3 is 1.77 bits per heavy atom. The fourth-order valence-electron chi connectivity index (χ4n) is 3.13. The lowest BCUT2D eigenvalue weighted by molar-refractivity contribution is 0.180. The van der Waals surface area contributed by atoms with E-state index in [-0.39, 0.29) is 11.0 Å². The van der Waals surface area contributed by atoms with E-state index in [2.05, 4.69) is 13.8 Å². The molecule has 1 aromatic carbocycles. The van der Waals surface area contributed by atoms with Crippen molar-refractivity contribution in [3.05, 3.63) is 29.8 Å². The Hall–Kier alpha value is -0.870. The van der Waals surface area contributed by atoms with Crippen LogP contribution >= 0.6 is 0 Å². The van der Waals surface area contributed by atoms with Crippen LogP contribution in [0, 0.1) is 6.92 Å². The highest BCUT2D eigenvalue weighted by atomic mass is 32.2. The number of hydrogen-bond acceptors (Lipinski definition) is 3. The molecule has 0 aliphatic carbocycles. The number of unbranched alkanes of at least 4 members (excludes halogenated alkanes) is 8. The molecule has 26 heavy (non-hydrogen) atoms. The van der Waals surface area contributed by atoms with Crippen molar-refractivity contribution in [3.8, 4) is 0 Å². The van der Waals surface area contributed by atoms with Gasteiger partial charge in [-0.3, -0.25) is 4.18 Å². The Morgan fingerprint density at radius 1 is 0.769 bits per heavy atom. The quantitative estimate of drug-likeness (QED) is 0.248. The molecule has 0 aliphatic heterocycles. The van der Waals surface area contributed by atoms with Crippen LogP contribution in [0.4, 0.5) is 0 Å². The zero-order valence-electron chi connectivity index (χ0n) is 17.0. The summed E-state index contributed by atoms with van der Waals surface area (Å²) >= 11 is 0. The number of rotatable bonds is 15. The van der Waals surface area contributed by atoms with E-state index in [1.54, 1.807) is 12.1 Å². The van der Waals surface area contributed by atoms with E-state index in [0.717, 1.165) is 37.7 Å². The van der Waals surface area contributed by atoms with E-state index >= 15 is 0 Å². The number of aryl methyl sites for hydroxylation is 1. The molecule has 0 radical (unpaired) electrons. The summed E-state index contributed by atoms with van der Waals surface area (Å²) in [6, 6.07) is 6.92. The highest BCUT2D eigenvalue weighted by Crippen LogP contribution is 2.22. The van der Waals surface area contributed by atoms with Gasteiger partial charge in [0.2, 0.25) is 0 Å². The van der Waals surface area contributed by atoms with Gasteiger partial charge in [-0.25, -0.2) is 0 Å². The monoisotopic (exact) mass is 382 g/mol. The van der Waals surface area contributed by atoms with Crippen LogP contribution in [0.5, 0.6) is 0 Å². The summed E-state index contributed by atoms with van der Waals surface area (Å²) in [5, 5.41) is 0. The molecule has 1 aromatic rings. The molecule has 150 valence electrons. The lowest BCUT2D eigenvalue weighted by Crippen LogP contribution is -2.19. The van der Waals surface area contributed by atoms with Gasteiger partial charge in [0.15, 0.2) is 0 Å². The van der Waals surface area contributed by atoms with Crippen LogP contribution in [0.1, 0.15) is 96.5 Å². The standard InChI is InChI=1S/C22H38O3S/c1-4-6-8-10-11-13-15-21(14-12-9-7-5-2)25-26(23,24)22-18-16-20(3)17-19-22/h16-19,21H,4-15H2,1-3H3. The van der Waals surface area contributed by atoms with Gasteiger partial charge < -0.3 is 0 Å². The first-order valence-electron chi connectivity index (χ1n) is 10.5. The summed E-state index contributed by atoms with van der Waals surface area (Å²) in [6.45, 7) is 6.36. The molecule has 1 rings (SSSR count). The highest BCUT2D eigenvalue weighted by Gasteiger charge is 2.21. The van der Waals surface area contributed by atoms with Crippen LogP contribution < -0.4 is 0 Å². The van der Waals surface area contributed by atoms with Gasteiger partial charge in [0.05, 0.1) is 11.0 Å². The summed E-state index contributed by atoms with van der Waals surface area (Å²) in [6.07, 6.45) is 13.3. The predicted octanol–water partition coefficient (Wildman–Crippen LogP) is 6.79. The average molecular weight is 383 g/mol. The molecule has 0 heterocycles. The summed E-state index contributed by atoms with van der Waals surface area (Å²) in [7, 11) is -3.67. The Bertz CT molecular complexity index is 564. The van der Waals surface area contributed by atoms with Crippen molar-refractivity contribution in [2.45, 2.75) is 109 Å². The summed E-state index contributed by atoms with van der Waals surface area (Å²) in [4.78, 5) is 0.268. The second kappa shape index (κ2) is 13.3. The zero-order valence-corrected chi connectivity index (χ0v) is 17.8. The zero-order chi connectivity index (χ0) is 19.3. The van der Waals surface area contributed by atoms with Crippen molar-refractivity contribution in [1.29, 1.82) is 0 Å². The normalized spacial score (nSPS) is 13.0. The molecule has 1 atom stereocenters. The van der Waals surface area contributed by atoms with Crippen molar-refractivity contribution in [3.63, 3.8) is 0 Å². The molecular formula is C22H38O3S. The van der Waals surface area contributed by atoms with Gasteiger partial charge in [0, 0.05) is 0 Å². The van der Waals surface area contributed by atoms with Gasteiger partial charge in [-0.2, -0.15) is 8.42 Å². The molecule has 0 bridgehead atoms. The van der Waals surface area contributed by atoms with Crippen LogP contribution in [0.15, 0.2) is 29.2 Å². The minimum Gasteiger partial charge on any atom is -0.263 e. The van der Waals surface area contributed by atoms with E-state index in [1.165, 1.54) is 44.9 Å². The van der Waals surface area contributed by atoms with Crippen LogP contribution in [0.25, 0.3) is 0 Å². The Labute approximate surface area is 161 Å². The fourth-order valence-corrected chi connectivity index (χ4v) is 4.26. The Morgan fingerprint density at radius 2 is 1.23 bits per heavy atom. The molecule has 0 aromatic heterocycles. The summed E-state index contributed by atoms with van der Waals surface area (Å²) in [5.41, 5.74) is 1.05. The molecule has 0 fully saturated rings. The topological polar surface area (TPSA) is 43.4 Å². The molecule has 0 aliphatic rings. The fraction of sp³-hybridized carbons (Fsp3) is 0.727. The van der Waals surface area contributed by atoms with Gasteiger partial charge >= 0.3 is 0 Å². The lowest BCUT2D eigenvalue weighted by atomic mass is 10.0. The number of hydrogen-bond donors (Lipinski definition) is 0. The third kappa shape index (κ3) is 9.72. The largest absolute Gasteiger partial charge is 0.297 e. The minimum absolute atomic E-state index is 0.190. The van der Waals surface area contributed by atoms with Crippen LogP contribution in [0.2, 0.25) is 0 Å². The molecule has 0 N–H and O–H groups in total. The molecule has 0 saturated heterocycles. The lowest BCUT2D eigenvalue weighted by Gasteiger charge is -2.18. The van der Waals surface area contributed by atoms with E-state index in [9.17, 15) is 8.42 Å². The molecule has 1 unspecified atom stereocenters. The molecule has 0 spiro atoms. The average Bonchev–Trinajstić information content (AvgIpc) is 2.61. The van der Waals surface area contributed by atoms with Crippen molar-refractivity contribution in [2.24, 2.45) is 0 Å². The van der Waals surface area contributed by atoms with Crippen LogP contribution in [0.3, 0.4) is 0 Å². The third-order valence-electron chi connectivity index (χ3n) is 4.83. The van der Waals surface area contributed by atoms with Crippen LogP contribution in [-0.2, 0) is 14.3 Å². The van der Waals surface area contributed by atoms with E-state index < -0.39 is 10.1 Å².